The first-order valence-electron chi connectivity index (χ1n) is 9.03. The average Bonchev–Trinajstić information content (AvgIpc) is 3.47. The van der Waals surface area contributed by atoms with Crippen LogP contribution in [0.1, 0.15) is 35.1 Å². The Morgan fingerprint density at radius 2 is 2.00 bits per heavy atom. The van der Waals surface area contributed by atoms with E-state index in [2.05, 4.69) is 15.3 Å². The zero-order chi connectivity index (χ0) is 18.8. The fraction of sp³-hybridized carbons (Fsp3) is 0.286. The molecule has 0 spiro atoms. The zero-order valence-electron chi connectivity index (χ0n) is 15.4. The van der Waals surface area contributed by atoms with Crippen LogP contribution in [-0.4, -0.2) is 27.6 Å². The molecular weight excluding hydrogens is 340 g/mol. The summed E-state index contributed by atoms with van der Waals surface area (Å²) in [5, 5.41) is 3.16. The fourth-order valence-electron chi connectivity index (χ4n) is 3.23. The summed E-state index contributed by atoms with van der Waals surface area (Å²) >= 11 is 0. The van der Waals surface area contributed by atoms with E-state index >= 15 is 0 Å². The van der Waals surface area contributed by atoms with E-state index in [9.17, 15) is 4.79 Å². The van der Waals surface area contributed by atoms with Crippen LogP contribution in [-0.2, 0) is 7.05 Å². The SMILES string of the molecule is COc1cncc(-c2ccc(C(=O)N[C@H](c3nccn3C)C3CC3)cc2)c1. The van der Waals surface area contributed by atoms with Crippen molar-refractivity contribution in [2.75, 3.05) is 7.11 Å². The minimum atomic E-state index is -0.0785. The molecule has 1 aromatic carbocycles. The highest BCUT2D eigenvalue weighted by atomic mass is 16.5. The Balaban J connectivity index is 1.51. The maximum absolute atomic E-state index is 12.8. The first-order chi connectivity index (χ1) is 13.2. The number of rotatable bonds is 6. The number of carbonyl (C=O) groups excluding carboxylic acids is 1. The number of methoxy groups -OCH3 is 1. The third-order valence-corrected chi connectivity index (χ3v) is 4.95. The number of nitrogens with zero attached hydrogens (tertiary/aromatic N) is 3. The highest BCUT2D eigenvalue weighted by Gasteiger charge is 2.35. The predicted molar refractivity (Wildman–Crippen MR) is 102 cm³/mol. The topological polar surface area (TPSA) is 69.0 Å². The quantitative estimate of drug-likeness (QED) is 0.730. The second-order valence-corrected chi connectivity index (χ2v) is 6.88. The van der Waals surface area contributed by atoms with Gasteiger partial charge in [-0.05, 0) is 42.5 Å². The number of benzene rings is 1. The van der Waals surface area contributed by atoms with Gasteiger partial charge in [-0.15, -0.1) is 0 Å². The largest absolute Gasteiger partial charge is 0.495 e. The molecule has 2 aromatic heterocycles. The van der Waals surface area contributed by atoms with Crippen LogP contribution in [0.2, 0.25) is 0 Å². The second kappa shape index (κ2) is 7.23. The van der Waals surface area contributed by atoms with E-state index in [1.54, 1.807) is 25.7 Å². The number of amides is 1. The van der Waals surface area contributed by atoms with Crippen LogP contribution < -0.4 is 10.1 Å². The molecule has 0 saturated heterocycles. The van der Waals surface area contributed by atoms with E-state index < -0.39 is 0 Å². The lowest BCUT2D eigenvalue weighted by Crippen LogP contribution is -2.31. The Kier molecular flexibility index (Phi) is 4.62. The van der Waals surface area contributed by atoms with E-state index in [1.165, 1.54) is 0 Å². The van der Waals surface area contributed by atoms with E-state index in [0.717, 1.165) is 29.8 Å². The molecule has 0 aliphatic heterocycles. The molecular formula is C21H22N4O2. The summed E-state index contributed by atoms with van der Waals surface area (Å²) in [6.07, 6.45) is 9.38. The molecule has 6 heteroatoms. The van der Waals surface area contributed by atoms with Gasteiger partial charge in [0.05, 0.1) is 19.3 Å². The Bertz CT molecular complexity index is 945. The first-order valence-corrected chi connectivity index (χ1v) is 9.03. The lowest BCUT2D eigenvalue weighted by molar-refractivity contribution is 0.0929. The average molecular weight is 362 g/mol. The number of imidazole rings is 1. The molecule has 1 aliphatic rings. The maximum atomic E-state index is 12.8. The van der Waals surface area contributed by atoms with Crippen molar-refractivity contribution >= 4 is 5.91 Å². The van der Waals surface area contributed by atoms with Crippen molar-refractivity contribution in [3.05, 3.63) is 66.5 Å². The Labute approximate surface area is 158 Å². The van der Waals surface area contributed by atoms with Gasteiger partial charge in [-0.1, -0.05) is 12.1 Å². The highest BCUT2D eigenvalue weighted by Crippen LogP contribution is 2.40. The third kappa shape index (κ3) is 3.69. The number of aromatic nitrogens is 3. The number of aryl methyl sites for hydroxylation is 1. The van der Waals surface area contributed by atoms with E-state index in [1.807, 2.05) is 48.1 Å². The van der Waals surface area contributed by atoms with Crippen molar-refractivity contribution in [1.29, 1.82) is 0 Å². The first kappa shape index (κ1) is 17.3. The third-order valence-electron chi connectivity index (χ3n) is 4.95. The Hall–Kier alpha value is -3.15. The lowest BCUT2D eigenvalue weighted by Gasteiger charge is -2.18. The van der Waals surface area contributed by atoms with Gasteiger partial charge in [0.15, 0.2) is 0 Å². The molecule has 1 aliphatic carbocycles. The summed E-state index contributed by atoms with van der Waals surface area (Å²) < 4.78 is 7.20. The number of nitrogens with one attached hydrogen (secondary N) is 1. The monoisotopic (exact) mass is 362 g/mol. The molecule has 1 amide bonds. The van der Waals surface area contributed by atoms with Gasteiger partial charge in [0.25, 0.3) is 5.91 Å². The molecule has 1 atom stereocenters. The summed E-state index contributed by atoms with van der Waals surface area (Å²) in [5.74, 6) is 2.00. The molecule has 138 valence electrons. The lowest BCUT2D eigenvalue weighted by atomic mass is 10.0. The number of pyridine rings is 1. The molecule has 1 fully saturated rings. The van der Waals surface area contributed by atoms with E-state index in [0.29, 0.717) is 17.2 Å². The van der Waals surface area contributed by atoms with Crippen LogP contribution in [0.15, 0.2) is 55.1 Å². The molecule has 1 saturated carbocycles. The van der Waals surface area contributed by atoms with Crippen LogP contribution in [0.5, 0.6) is 5.75 Å². The van der Waals surface area contributed by atoms with Crippen LogP contribution in [0.25, 0.3) is 11.1 Å². The standard InChI is InChI=1S/C21H22N4O2/c1-25-10-9-23-20(25)19(15-5-6-15)24-21(26)16-7-3-14(4-8-16)17-11-18(27-2)13-22-12-17/h3-4,7-13,15,19H,5-6H2,1-2H3,(H,24,26)/t19-/m0/s1. The summed E-state index contributed by atoms with van der Waals surface area (Å²) in [6, 6.07) is 9.42. The van der Waals surface area contributed by atoms with Gasteiger partial charge in [-0.2, -0.15) is 0 Å². The van der Waals surface area contributed by atoms with E-state index in [-0.39, 0.29) is 11.9 Å². The zero-order valence-corrected chi connectivity index (χ0v) is 15.4. The van der Waals surface area contributed by atoms with Crippen molar-refractivity contribution in [2.45, 2.75) is 18.9 Å². The van der Waals surface area contributed by atoms with Crippen molar-refractivity contribution in [1.82, 2.24) is 19.9 Å². The number of ether oxygens (including phenoxy) is 1. The van der Waals surface area contributed by atoms with Crippen LogP contribution in [0, 0.1) is 5.92 Å². The molecule has 3 aromatic rings. The fourth-order valence-corrected chi connectivity index (χ4v) is 3.23. The van der Waals surface area contributed by atoms with Gasteiger partial charge < -0.3 is 14.6 Å². The molecule has 27 heavy (non-hydrogen) atoms. The highest BCUT2D eigenvalue weighted by molar-refractivity contribution is 5.95. The van der Waals surface area contributed by atoms with Crippen LogP contribution >= 0.6 is 0 Å². The summed E-state index contributed by atoms with van der Waals surface area (Å²) in [4.78, 5) is 21.4. The maximum Gasteiger partial charge on any atom is 0.251 e. The second-order valence-electron chi connectivity index (χ2n) is 6.88. The molecule has 0 unspecified atom stereocenters. The minimum Gasteiger partial charge on any atom is -0.495 e. The molecule has 1 N–H and O–H groups in total. The van der Waals surface area contributed by atoms with Crippen molar-refractivity contribution in [3.8, 4) is 16.9 Å². The van der Waals surface area contributed by atoms with Crippen molar-refractivity contribution in [3.63, 3.8) is 0 Å². The smallest absolute Gasteiger partial charge is 0.251 e. The summed E-state index contributed by atoms with van der Waals surface area (Å²) in [6.45, 7) is 0. The molecule has 2 heterocycles. The van der Waals surface area contributed by atoms with Gasteiger partial charge in [-0.25, -0.2) is 4.98 Å². The van der Waals surface area contributed by atoms with Gasteiger partial charge in [-0.3, -0.25) is 9.78 Å². The van der Waals surface area contributed by atoms with Gasteiger partial charge in [0.2, 0.25) is 0 Å². The number of hydrogen-bond acceptors (Lipinski definition) is 4. The molecule has 0 bridgehead atoms. The van der Waals surface area contributed by atoms with Crippen molar-refractivity contribution in [2.24, 2.45) is 13.0 Å². The summed E-state index contributed by atoms with van der Waals surface area (Å²) in [7, 11) is 3.58. The van der Waals surface area contributed by atoms with Gasteiger partial charge in [0, 0.05) is 36.8 Å². The molecule has 6 nitrogen and oxygen atoms in total. The molecule has 0 radical (unpaired) electrons. The molecule has 4 rings (SSSR count). The summed E-state index contributed by atoms with van der Waals surface area (Å²) in [5.41, 5.74) is 2.57. The number of carbonyl (C=O) groups is 1. The Morgan fingerprint density at radius 3 is 2.63 bits per heavy atom. The predicted octanol–water partition coefficient (Wildman–Crippen LogP) is 3.37. The van der Waals surface area contributed by atoms with Gasteiger partial charge in [0.1, 0.15) is 11.6 Å². The van der Waals surface area contributed by atoms with Gasteiger partial charge >= 0.3 is 0 Å². The number of hydrogen-bond donors (Lipinski definition) is 1. The Morgan fingerprint density at radius 1 is 1.22 bits per heavy atom. The normalized spacial score (nSPS) is 14.6. The van der Waals surface area contributed by atoms with E-state index in [4.69, 9.17) is 4.74 Å². The van der Waals surface area contributed by atoms with Crippen molar-refractivity contribution < 1.29 is 9.53 Å². The minimum absolute atomic E-state index is 0.0419. The van der Waals surface area contributed by atoms with Crippen LogP contribution in [0.3, 0.4) is 0 Å². The van der Waals surface area contributed by atoms with Crippen LogP contribution in [0.4, 0.5) is 0 Å².